The van der Waals surface area contributed by atoms with Crippen LogP contribution in [0.4, 0.5) is 15.8 Å². The van der Waals surface area contributed by atoms with E-state index in [1.807, 2.05) is 13.0 Å². The number of nitrogens with one attached hydrogen (secondary N) is 2. The normalized spacial score (nSPS) is 16.2. The molecule has 2 aromatic rings. The lowest BCUT2D eigenvalue weighted by atomic mass is 10.1. The van der Waals surface area contributed by atoms with Crippen LogP contribution in [0, 0.1) is 18.7 Å². The zero-order valence-corrected chi connectivity index (χ0v) is 15.9. The Hall–Kier alpha value is -2.93. The number of anilines is 2. The number of carbonyl (C=O) groups is 3. The predicted molar refractivity (Wildman–Crippen MR) is 105 cm³/mol. The van der Waals surface area contributed by atoms with Gasteiger partial charge in [-0.3, -0.25) is 14.4 Å². The molecule has 0 radical (unpaired) electrons. The summed E-state index contributed by atoms with van der Waals surface area (Å²) in [6.07, 6.45) is -0.0361. The third-order valence-electron chi connectivity index (χ3n) is 4.46. The van der Waals surface area contributed by atoms with Crippen LogP contribution in [0.5, 0.6) is 0 Å². The second-order valence-electron chi connectivity index (χ2n) is 6.61. The van der Waals surface area contributed by atoms with Gasteiger partial charge in [0.1, 0.15) is 5.82 Å². The number of halogens is 2. The largest absolute Gasteiger partial charge is 0.347 e. The summed E-state index contributed by atoms with van der Waals surface area (Å²) >= 11 is 6.07. The van der Waals surface area contributed by atoms with Gasteiger partial charge in [-0.05, 0) is 36.8 Å². The van der Waals surface area contributed by atoms with Gasteiger partial charge in [-0.15, -0.1) is 0 Å². The van der Waals surface area contributed by atoms with E-state index in [9.17, 15) is 18.8 Å². The minimum Gasteiger partial charge on any atom is -0.347 e. The van der Waals surface area contributed by atoms with Crippen LogP contribution in [-0.4, -0.2) is 30.8 Å². The molecule has 3 amide bonds. The Labute approximate surface area is 166 Å². The van der Waals surface area contributed by atoms with Gasteiger partial charge in [-0.2, -0.15) is 0 Å². The van der Waals surface area contributed by atoms with Crippen LogP contribution in [0.1, 0.15) is 12.0 Å². The first kappa shape index (κ1) is 19.8. The maximum atomic E-state index is 13.9. The molecule has 1 atom stereocenters. The molecule has 0 spiro atoms. The molecule has 3 rings (SSSR count). The SMILES string of the molecule is Cc1ccc(NC(=O)CNC(=O)C2CC(=O)N(c3ccccc3F)C2)c(Cl)c1. The topological polar surface area (TPSA) is 78.5 Å². The maximum absolute atomic E-state index is 13.9. The zero-order valence-electron chi connectivity index (χ0n) is 15.2. The molecule has 0 bridgehead atoms. The van der Waals surface area contributed by atoms with Gasteiger partial charge in [0.25, 0.3) is 0 Å². The molecular weight excluding hydrogens is 385 g/mol. The van der Waals surface area contributed by atoms with Crippen molar-refractivity contribution in [2.24, 2.45) is 5.92 Å². The number of aryl methyl sites for hydroxylation is 1. The van der Waals surface area contributed by atoms with Gasteiger partial charge in [0, 0.05) is 13.0 Å². The van der Waals surface area contributed by atoms with Crippen molar-refractivity contribution in [2.45, 2.75) is 13.3 Å². The van der Waals surface area contributed by atoms with Crippen molar-refractivity contribution >= 4 is 40.7 Å². The minimum absolute atomic E-state index is 0.0361. The second-order valence-corrected chi connectivity index (χ2v) is 7.01. The quantitative estimate of drug-likeness (QED) is 0.805. The van der Waals surface area contributed by atoms with E-state index in [-0.39, 0.29) is 31.1 Å². The summed E-state index contributed by atoms with van der Waals surface area (Å²) in [6.45, 7) is 1.69. The molecule has 1 fully saturated rings. The molecule has 2 aromatic carbocycles. The lowest BCUT2D eigenvalue weighted by molar-refractivity contribution is -0.127. The van der Waals surface area contributed by atoms with Crippen LogP contribution in [0.2, 0.25) is 5.02 Å². The van der Waals surface area contributed by atoms with E-state index in [0.29, 0.717) is 10.7 Å². The number of para-hydroxylation sites is 1. The summed E-state index contributed by atoms with van der Waals surface area (Å²) in [7, 11) is 0. The van der Waals surface area contributed by atoms with Gasteiger partial charge in [-0.25, -0.2) is 4.39 Å². The molecule has 1 aliphatic heterocycles. The summed E-state index contributed by atoms with van der Waals surface area (Å²) in [5.74, 6) is -2.37. The average Bonchev–Trinajstić information content (AvgIpc) is 3.04. The highest BCUT2D eigenvalue weighted by Crippen LogP contribution is 2.27. The Morgan fingerprint density at radius 3 is 2.71 bits per heavy atom. The molecule has 1 heterocycles. The van der Waals surface area contributed by atoms with Gasteiger partial charge < -0.3 is 15.5 Å². The minimum atomic E-state index is -0.650. The molecule has 1 saturated heterocycles. The number of hydrogen-bond donors (Lipinski definition) is 2. The van der Waals surface area contributed by atoms with Crippen molar-refractivity contribution in [3.8, 4) is 0 Å². The highest BCUT2D eigenvalue weighted by molar-refractivity contribution is 6.33. The standard InChI is InChI=1S/C20H19ClFN3O3/c1-12-6-7-16(14(21)8-12)24-18(26)10-23-20(28)13-9-19(27)25(11-13)17-5-3-2-4-15(17)22/h2-8,13H,9-11H2,1H3,(H,23,28)(H,24,26). The lowest BCUT2D eigenvalue weighted by Crippen LogP contribution is -2.38. The first-order chi connectivity index (χ1) is 13.3. The van der Waals surface area contributed by atoms with E-state index in [2.05, 4.69) is 10.6 Å². The van der Waals surface area contributed by atoms with Crippen molar-refractivity contribution in [1.29, 1.82) is 0 Å². The van der Waals surface area contributed by atoms with Crippen molar-refractivity contribution in [3.05, 3.63) is 58.9 Å². The smallest absolute Gasteiger partial charge is 0.243 e. The van der Waals surface area contributed by atoms with E-state index in [1.165, 1.54) is 23.1 Å². The molecule has 1 unspecified atom stereocenters. The molecule has 28 heavy (non-hydrogen) atoms. The van der Waals surface area contributed by atoms with Crippen LogP contribution < -0.4 is 15.5 Å². The maximum Gasteiger partial charge on any atom is 0.243 e. The molecule has 0 aromatic heterocycles. The first-order valence-corrected chi connectivity index (χ1v) is 9.11. The molecule has 8 heteroatoms. The van der Waals surface area contributed by atoms with Gasteiger partial charge in [0.2, 0.25) is 17.7 Å². The molecule has 0 aliphatic carbocycles. The Balaban J connectivity index is 1.54. The molecule has 1 aliphatic rings. The summed E-state index contributed by atoms with van der Waals surface area (Å²) in [4.78, 5) is 37.8. The van der Waals surface area contributed by atoms with Crippen LogP contribution in [0.15, 0.2) is 42.5 Å². The third kappa shape index (κ3) is 4.48. The Morgan fingerprint density at radius 1 is 1.25 bits per heavy atom. The molecule has 146 valence electrons. The lowest BCUT2D eigenvalue weighted by Gasteiger charge is -2.17. The number of benzene rings is 2. The second kappa shape index (κ2) is 8.39. The number of nitrogens with zero attached hydrogens (tertiary/aromatic N) is 1. The predicted octanol–water partition coefficient (Wildman–Crippen LogP) is 2.90. The monoisotopic (exact) mass is 403 g/mol. The van der Waals surface area contributed by atoms with Gasteiger partial charge in [-0.1, -0.05) is 29.8 Å². The fraction of sp³-hybridized carbons (Fsp3) is 0.250. The Bertz CT molecular complexity index is 935. The number of rotatable bonds is 5. The van der Waals surface area contributed by atoms with Crippen LogP contribution in [-0.2, 0) is 14.4 Å². The highest BCUT2D eigenvalue weighted by atomic mass is 35.5. The van der Waals surface area contributed by atoms with E-state index in [4.69, 9.17) is 11.6 Å². The van der Waals surface area contributed by atoms with Crippen LogP contribution >= 0.6 is 11.6 Å². The number of carbonyl (C=O) groups excluding carboxylic acids is 3. The van der Waals surface area contributed by atoms with Crippen molar-refractivity contribution < 1.29 is 18.8 Å². The average molecular weight is 404 g/mol. The van der Waals surface area contributed by atoms with Gasteiger partial charge >= 0.3 is 0 Å². The molecular formula is C20H19ClFN3O3. The van der Waals surface area contributed by atoms with E-state index >= 15 is 0 Å². The highest BCUT2D eigenvalue weighted by Gasteiger charge is 2.36. The van der Waals surface area contributed by atoms with Crippen molar-refractivity contribution in [2.75, 3.05) is 23.3 Å². The van der Waals surface area contributed by atoms with Crippen molar-refractivity contribution in [1.82, 2.24) is 5.32 Å². The Kier molecular flexibility index (Phi) is 5.94. The molecule has 0 saturated carbocycles. The third-order valence-corrected chi connectivity index (χ3v) is 4.77. The fourth-order valence-electron chi connectivity index (χ4n) is 3.01. The van der Waals surface area contributed by atoms with Gasteiger partial charge in [0.15, 0.2) is 0 Å². The fourth-order valence-corrected chi connectivity index (χ4v) is 3.30. The summed E-state index contributed by atoms with van der Waals surface area (Å²) < 4.78 is 13.9. The summed E-state index contributed by atoms with van der Waals surface area (Å²) in [6, 6.07) is 11.1. The molecule has 2 N–H and O–H groups in total. The molecule has 6 nitrogen and oxygen atoms in total. The van der Waals surface area contributed by atoms with Crippen molar-refractivity contribution in [3.63, 3.8) is 0 Å². The Morgan fingerprint density at radius 2 is 2.00 bits per heavy atom. The summed E-state index contributed by atoms with van der Waals surface area (Å²) in [5.41, 5.74) is 1.56. The zero-order chi connectivity index (χ0) is 20.3. The van der Waals surface area contributed by atoms with Gasteiger partial charge in [0.05, 0.1) is 28.9 Å². The van der Waals surface area contributed by atoms with E-state index in [1.54, 1.807) is 18.2 Å². The summed E-state index contributed by atoms with van der Waals surface area (Å²) in [5, 5.41) is 5.54. The van der Waals surface area contributed by atoms with Crippen LogP contribution in [0.25, 0.3) is 0 Å². The number of amides is 3. The van der Waals surface area contributed by atoms with E-state index in [0.717, 1.165) is 5.56 Å². The number of hydrogen-bond acceptors (Lipinski definition) is 3. The first-order valence-electron chi connectivity index (χ1n) is 8.73. The van der Waals surface area contributed by atoms with Crippen LogP contribution in [0.3, 0.4) is 0 Å². The van der Waals surface area contributed by atoms with E-state index < -0.39 is 23.5 Å².